The van der Waals surface area contributed by atoms with Crippen LogP contribution in [-0.2, 0) is 24.3 Å². The first kappa shape index (κ1) is 12.7. The van der Waals surface area contributed by atoms with Crippen molar-refractivity contribution in [1.82, 2.24) is 15.0 Å². The number of nitrogens with zero attached hydrogens (tertiary/aromatic N) is 3. The number of aromatic nitrogens is 3. The van der Waals surface area contributed by atoms with Crippen molar-refractivity contribution >= 4 is 5.97 Å². The predicted octanol–water partition coefficient (Wildman–Crippen LogP) is 1.59. The van der Waals surface area contributed by atoms with Crippen molar-refractivity contribution in [3.63, 3.8) is 0 Å². The number of fused-ring (bicyclic) bond motifs is 2. The fourth-order valence-corrected chi connectivity index (χ4v) is 2.24. The molecule has 0 radical (unpaired) electrons. The number of benzene rings is 1. The molecule has 0 atom stereocenters. The number of carbonyl (C=O) groups is 1. The average molecular weight is 273 g/mol. The first-order valence-corrected chi connectivity index (χ1v) is 6.59. The molecular formula is C14H15N3O3. The Kier molecular flexibility index (Phi) is 3.37. The van der Waals surface area contributed by atoms with Gasteiger partial charge in [0.15, 0.2) is 5.69 Å². The molecule has 1 aliphatic heterocycles. The average Bonchev–Trinajstić information content (AvgIpc) is 2.83. The molecule has 104 valence electrons. The van der Waals surface area contributed by atoms with Crippen molar-refractivity contribution in [1.29, 1.82) is 0 Å². The summed E-state index contributed by atoms with van der Waals surface area (Å²) in [6, 6.07) is 7.88. The number of hydrogen-bond acceptors (Lipinski definition) is 5. The monoisotopic (exact) mass is 273 g/mol. The summed E-state index contributed by atoms with van der Waals surface area (Å²) >= 11 is 0. The van der Waals surface area contributed by atoms with Crippen molar-refractivity contribution in [3.8, 4) is 5.75 Å². The van der Waals surface area contributed by atoms with E-state index in [2.05, 4.69) is 10.3 Å². The molecule has 0 bridgehead atoms. The van der Waals surface area contributed by atoms with Gasteiger partial charge >= 0.3 is 5.97 Å². The van der Waals surface area contributed by atoms with Crippen LogP contribution in [0.2, 0.25) is 0 Å². The van der Waals surface area contributed by atoms with Crippen LogP contribution in [0.25, 0.3) is 0 Å². The standard InChI is InChI=1S/C14H15N3O3/c1-2-19-14(18)13-11-9-20-12-6-4-3-5-10(12)7-8-17(11)16-15-13/h3-6H,2,7-9H2,1H3. The van der Waals surface area contributed by atoms with Gasteiger partial charge in [0, 0.05) is 6.54 Å². The summed E-state index contributed by atoms with van der Waals surface area (Å²) < 4.78 is 12.5. The molecule has 0 amide bonds. The molecule has 2 aromatic rings. The maximum absolute atomic E-state index is 11.8. The van der Waals surface area contributed by atoms with Crippen molar-refractivity contribution in [2.45, 2.75) is 26.5 Å². The first-order valence-electron chi connectivity index (χ1n) is 6.59. The summed E-state index contributed by atoms with van der Waals surface area (Å²) in [4.78, 5) is 11.8. The molecule has 0 spiro atoms. The van der Waals surface area contributed by atoms with Crippen LogP contribution >= 0.6 is 0 Å². The quantitative estimate of drug-likeness (QED) is 0.777. The van der Waals surface area contributed by atoms with Gasteiger partial charge in [0.05, 0.1) is 6.61 Å². The number of hydrogen-bond donors (Lipinski definition) is 0. The van der Waals surface area contributed by atoms with E-state index >= 15 is 0 Å². The zero-order chi connectivity index (χ0) is 13.9. The Labute approximate surface area is 116 Å². The van der Waals surface area contributed by atoms with Crippen LogP contribution in [0.5, 0.6) is 5.75 Å². The second-order valence-electron chi connectivity index (χ2n) is 4.47. The molecule has 1 aromatic heterocycles. The molecule has 0 saturated carbocycles. The highest BCUT2D eigenvalue weighted by molar-refractivity contribution is 5.88. The number of esters is 1. The summed E-state index contributed by atoms with van der Waals surface area (Å²) in [5, 5.41) is 7.94. The minimum Gasteiger partial charge on any atom is -0.487 e. The van der Waals surface area contributed by atoms with E-state index < -0.39 is 5.97 Å². The van der Waals surface area contributed by atoms with E-state index in [1.165, 1.54) is 0 Å². The molecule has 20 heavy (non-hydrogen) atoms. The van der Waals surface area contributed by atoms with Gasteiger partial charge in [-0.15, -0.1) is 5.10 Å². The van der Waals surface area contributed by atoms with E-state index in [1.807, 2.05) is 24.3 Å². The lowest BCUT2D eigenvalue weighted by Gasteiger charge is -2.16. The minimum absolute atomic E-state index is 0.242. The Morgan fingerprint density at radius 1 is 1.45 bits per heavy atom. The Morgan fingerprint density at radius 2 is 2.30 bits per heavy atom. The molecule has 0 saturated heterocycles. The smallest absolute Gasteiger partial charge is 0.360 e. The van der Waals surface area contributed by atoms with Crippen molar-refractivity contribution in [2.24, 2.45) is 0 Å². The fourth-order valence-electron chi connectivity index (χ4n) is 2.24. The third kappa shape index (κ3) is 2.24. The summed E-state index contributed by atoms with van der Waals surface area (Å²) in [6.45, 7) is 3.01. The highest BCUT2D eigenvalue weighted by Gasteiger charge is 2.23. The van der Waals surface area contributed by atoms with Gasteiger partial charge in [-0.05, 0) is 25.0 Å². The topological polar surface area (TPSA) is 66.2 Å². The SMILES string of the molecule is CCOC(=O)c1nnn2c1COc1ccccc1CC2. The lowest BCUT2D eigenvalue weighted by Crippen LogP contribution is -2.16. The zero-order valence-electron chi connectivity index (χ0n) is 11.2. The molecular weight excluding hydrogens is 258 g/mol. The van der Waals surface area contributed by atoms with Crippen LogP contribution in [0.15, 0.2) is 24.3 Å². The molecule has 6 heteroatoms. The van der Waals surface area contributed by atoms with E-state index in [1.54, 1.807) is 11.6 Å². The number of rotatable bonds is 2. The molecule has 6 nitrogen and oxygen atoms in total. The second-order valence-corrected chi connectivity index (χ2v) is 4.47. The lowest BCUT2D eigenvalue weighted by atomic mass is 10.1. The number of aryl methyl sites for hydroxylation is 2. The molecule has 2 heterocycles. The number of para-hydroxylation sites is 1. The fraction of sp³-hybridized carbons (Fsp3) is 0.357. The van der Waals surface area contributed by atoms with Gasteiger partial charge in [-0.1, -0.05) is 23.4 Å². The van der Waals surface area contributed by atoms with Crippen LogP contribution in [0.1, 0.15) is 28.7 Å². The Hall–Kier alpha value is -2.37. The van der Waals surface area contributed by atoms with Crippen molar-refractivity contribution in [2.75, 3.05) is 6.61 Å². The van der Waals surface area contributed by atoms with Gasteiger partial charge in [-0.3, -0.25) is 0 Å². The molecule has 0 unspecified atom stereocenters. The van der Waals surface area contributed by atoms with E-state index in [-0.39, 0.29) is 12.3 Å². The van der Waals surface area contributed by atoms with Crippen LogP contribution in [0, 0.1) is 0 Å². The molecule has 0 N–H and O–H groups in total. The molecule has 1 aliphatic rings. The molecule has 0 fully saturated rings. The summed E-state index contributed by atoms with van der Waals surface area (Å²) in [7, 11) is 0. The van der Waals surface area contributed by atoms with Crippen LogP contribution in [0.4, 0.5) is 0 Å². The van der Waals surface area contributed by atoms with Crippen LogP contribution in [0.3, 0.4) is 0 Å². The molecule has 0 aliphatic carbocycles. The normalized spacial score (nSPS) is 13.4. The second kappa shape index (κ2) is 5.32. The van der Waals surface area contributed by atoms with Crippen LogP contribution < -0.4 is 4.74 Å². The van der Waals surface area contributed by atoms with Crippen molar-refractivity contribution in [3.05, 3.63) is 41.2 Å². The van der Waals surface area contributed by atoms with E-state index in [9.17, 15) is 4.79 Å². The number of carbonyl (C=O) groups excluding carboxylic acids is 1. The molecule has 1 aromatic carbocycles. The maximum atomic E-state index is 11.8. The van der Waals surface area contributed by atoms with Gasteiger partial charge in [-0.25, -0.2) is 9.48 Å². The van der Waals surface area contributed by atoms with Gasteiger partial charge in [0.2, 0.25) is 0 Å². The van der Waals surface area contributed by atoms with Gasteiger partial charge in [-0.2, -0.15) is 0 Å². The van der Waals surface area contributed by atoms with Crippen LogP contribution in [-0.4, -0.2) is 27.6 Å². The summed E-state index contributed by atoms with van der Waals surface area (Å²) in [5.74, 6) is 0.390. The summed E-state index contributed by atoms with van der Waals surface area (Å²) in [5.41, 5.74) is 2.04. The van der Waals surface area contributed by atoms with Crippen molar-refractivity contribution < 1.29 is 14.3 Å². The van der Waals surface area contributed by atoms with Gasteiger partial charge in [0.1, 0.15) is 18.1 Å². The van der Waals surface area contributed by atoms with E-state index in [0.717, 1.165) is 17.7 Å². The highest BCUT2D eigenvalue weighted by atomic mass is 16.5. The maximum Gasteiger partial charge on any atom is 0.360 e. The van der Waals surface area contributed by atoms with E-state index in [4.69, 9.17) is 9.47 Å². The Morgan fingerprint density at radius 3 is 3.15 bits per heavy atom. The predicted molar refractivity (Wildman–Crippen MR) is 70.5 cm³/mol. The number of ether oxygens (including phenoxy) is 2. The summed E-state index contributed by atoms with van der Waals surface area (Å²) in [6.07, 6.45) is 0.787. The largest absolute Gasteiger partial charge is 0.487 e. The van der Waals surface area contributed by atoms with Gasteiger partial charge < -0.3 is 9.47 Å². The Bertz CT molecular complexity index is 636. The van der Waals surface area contributed by atoms with Gasteiger partial charge in [0.25, 0.3) is 0 Å². The third-order valence-electron chi connectivity index (χ3n) is 3.24. The molecule has 3 rings (SSSR count). The highest BCUT2D eigenvalue weighted by Crippen LogP contribution is 2.23. The lowest BCUT2D eigenvalue weighted by molar-refractivity contribution is 0.0516. The zero-order valence-corrected chi connectivity index (χ0v) is 11.2. The Balaban J connectivity index is 1.90. The minimum atomic E-state index is -0.453. The van der Waals surface area contributed by atoms with E-state index in [0.29, 0.717) is 18.8 Å². The third-order valence-corrected chi connectivity index (χ3v) is 3.24. The first-order chi connectivity index (χ1) is 9.79.